The van der Waals surface area contributed by atoms with Crippen LogP contribution in [0.4, 0.5) is 5.13 Å². The average molecular weight is 389 g/mol. The van der Waals surface area contributed by atoms with Crippen molar-refractivity contribution in [3.8, 4) is 5.75 Å². The van der Waals surface area contributed by atoms with Gasteiger partial charge in [-0.3, -0.25) is 14.7 Å². The van der Waals surface area contributed by atoms with Crippen LogP contribution in [0, 0.1) is 6.92 Å². The summed E-state index contributed by atoms with van der Waals surface area (Å²) < 4.78 is 6.74. The van der Waals surface area contributed by atoms with E-state index in [4.69, 9.17) is 9.72 Å². The summed E-state index contributed by atoms with van der Waals surface area (Å²) in [6.07, 6.45) is 3.45. The molecule has 5 nitrogen and oxygen atoms in total. The number of aryl methyl sites for hydroxylation is 1. The lowest BCUT2D eigenvalue weighted by atomic mass is 10.2. The topological polar surface area (TPSA) is 55.3 Å². The minimum absolute atomic E-state index is 0.0516. The fourth-order valence-electron chi connectivity index (χ4n) is 2.86. The summed E-state index contributed by atoms with van der Waals surface area (Å²) in [5.41, 5.74) is 3.01. The number of hydrogen-bond donors (Lipinski definition) is 0. The number of carbonyl (C=O) groups is 1. The van der Waals surface area contributed by atoms with E-state index in [1.165, 1.54) is 11.3 Å². The van der Waals surface area contributed by atoms with Crippen molar-refractivity contribution in [2.24, 2.45) is 0 Å². The normalized spacial score (nSPS) is 10.8. The van der Waals surface area contributed by atoms with Gasteiger partial charge in [0.05, 0.1) is 16.8 Å². The SMILES string of the molecule is Cc1cccc2sc(N(Cc3ccncc3)C(=O)COc3ccccc3)nc12. The second-order valence-electron chi connectivity index (χ2n) is 6.36. The number of pyridine rings is 1. The molecule has 0 saturated heterocycles. The fourth-order valence-corrected chi connectivity index (χ4v) is 3.92. The van der Waals surface area contributed by atoms with Gasteiger partial charge in [0.25, 0.3) is 5.91 Å². The maximum Gasteiger partial charge on any atom is 0.267 e. The highest BCUT2D eigenvalue weighted by Crippen LogP contribution is 2.31. The highest BCUT2D eigenvalue weighted by Gasteiger charge is 2.21. The molecule has 6 heteroatoms. The predicted molar refractivity (Wildman–Crippen MR) is 112 cm³/mol. The molecular formula is C22H19N3O2S. The van der Waals surface area contributed by atoms with Gasteiger partial charge in [-0.15, -0.1) is 0 Å². The van der Waals surface area contributed by atoms with Crippen LogP contribution in [0.5, 0.6) is 5.75 Å². The van der Waals surface area contributed by atoms with Gasteiger partial charge >= 0.3 is 0 Å². The molecule has 0 N–H and O–H groups in total. The van der Waals surface area contributed by atoms with Gasteiger partial charge in [0.2, 0.25) is 0 Å². The quantitative estimate of drug-likeness (QED) is 0.483. The van der Waals surface area contributed by atoms with E-state index in [2.05, 4.69) is 4.98 Å². The molecule has 0 aliphatic carbocycles. The lowest BCUT2D eigenvalue weighted by Crippen LogP contribution is -2.34. The highest BCUT2D eigenvalue weighted by molar-refractivity contribution is 7.22. The van der Waals surface area contributed by atoms with Crippen molar-refractivity contribution < 1.29 is 9.53 Å². The summed E-state index contributed by atoms with van der Waals surface area (Å²) in [5, 5.41) is 0.669. The standard InChI is InChI=1S/C22H19N3O2S/c1-16-6-5-9-19-21(16)24-22(28-19)25(14-17-10-12-23-13-11-17)20(26)15-27-18-7-3-2-4-8-18/h2-13H,14-15H2,1H3. The Labute approximate surface area is 167 Å². The van der Waals surface area contributed by atoms with Crippen LogP contribution in [0.2, 0.25) is 0 Å². The summed E-state index contributed by atoms with van der Waals surface area (Å²) >= 11 is 1.51. The maximum atomic E-state index is 13.0. The summed E-state index contributed by atoms with van der Waals surface area (Å²) in [7, 11) is 0. The van der Waals surface area contributed by atoms with Gasteiger partial charge in [-0.2, -0.15) is 0 Å². The van der Waals surface area contributed by atoms with E-state index in [-0.39, 0.29) is 12.5 Å². The molecule has 0 aliphatic rings. The molecule has 0 saturated carbocycles. The third-order valence-electron chi connectivity index (χ3n) is 4.34. The van der Waals surface area contributed by atoms with E-state index >= 15 is 0 Å². The Kier molecular flexibility index (Phi) is 5.30. The number of para-hydroxylation sites is 2. The lowest BCUT2D eigenvalue weighted by molar-refractivity contribution is -0.120. The number of hydrogen-bond acceptors (Lipinski definition) is 5. The predicted octanol–water partition coefficient (Wildman–Crippen LogP) is 4.61. The number of anilines is 1. The van der Waals surface area contributed by atoms with Gasteiger partial charge in [-0.25, -0.2) is 4.98 Å². The number of thiazole rings is 1. The highest BCUT2D eigenvalue weighted by atomic mass is 32.1. The van der Waals surface area contributed by atoms with Gasteiger partial charge in [0.15, 0.2) is 11.7 Å². The summed E-state index contributed by atoms with van der Waals surface area (Å²) in [6.45, 7) is 2.39. The molecule has 28 heavy (non-hydrogen) atoms. The van der Waals surface area contributed by atoms with Crippen LogP contribution < -0.4 is 9.64 Å². The van der Waals surface area contributed by atoms with Crippen molar-refractivity contribution in [1.82, 2.24) is 9.97 Å². The molecule has 0 unspecified atom stereocenters. The van der Waals surface area contributed by atoms with Crippen molar-refractivity contribution in [3.63, 3.8) is 0 Å². The first-order valence-corrected chi connectivity index (χ1v) is 9.75. The van der Waals surface area contributed by atoms with Gasteiger partial charge in [0.1, 0.15) is 5.75 Å². The van der Waals surface area contributed by atoms with Crippen LogP contribution in [0.25, 0.3) is 10.2 Å². The second kappa shape index (κ2) is 8.19. The zero-order chi connectivity index (χ0) is 19.3. The van der Waals surface area contributed by atoms with Gasteiger partial charge in [0, 0.05) is 12.4 Å². The number of rotatable bonds is 6. The first-order valence-electron chi connectivity index (χ1n) is 8.94. The van der Waals surface area contributed by atoms with Crippen LogP contribution in [0.15, 0.2) is 73.1 Å². The smallest absolute Gasteiger partial charge is 0.267 e. The molecule has 4 aromatic rings. The molecule has 2 heterocycles. The number of amides is 1. The van der Waals surface area contributed by atoms with Crippen molar-refractivity contribution in [3.05, 3.63) is 84.2 Å². The molecule has 1 amide bonds. The Morgan fingerprint density at radius 3 is 2.57 bits per heavy atom. The molecular weight excluding hydrogens is 370 g/mol. The molecule has 140 valence electrons. The molecule has 0 aliphatic heterocycles. The largest absolute Gasteiger partial charge is 0.484 e. The first-order chi connectivity index (χ1) is 13.7. The third kappa shape index (κ3) is 4.02. The zero-order valence-corrected chi connectivity index (χ0v) is 16.2. The summed E-state index contributed by atoms with van der Waals surface area (Å²) in [6, 6.07) is 19.2. The molecule has 2 aromatic heterocycles. The molecule has 0 atom stereocenters. The van der Waals surface area contributed by atoms with E-state index < -0.39 is 0 Å². The molecule has 0 bridgehead atoms. The Hall–Kier alpha value is -3.25. The number of benzene rings is 2. The van der Waals surface area contributed by atoms with Crippen LogP contribution >= 0.6 is 11.3 Å². The number of ether oxygens (including phenoxy) is 1. The number of aromatic nitrogens is 2. The Morgan fingerprint density at radius 2 is 1.82 bits per heavy atom. The average Bonchev–Trinajstić information content (AvgIpc) is 3.17. The minimum atomic E-state index is -0.141. The molecule has 0 fully saturated rings. The maximum absolute atomic E-state index is 13.0. The van der Waals surface area contributed by atoms with E-state index in [1.54, 1.807) is 17.3 Å². The third-order valence-corrected chi connectivity index (χ3v) is 5.38. The van der Waals surface area contributed by atoms with E-state index in [0.29, 0.717) is 17.4 Å². The van der Waals surface area contributed by atoms with E-state index in [9.17, 15) is 4.79 Å². The molecule has 0 radical (unpaired) electrons. The van der Waals surface area contributed by atoms with Crippen LogP contribution in [-0.2, 0) is 11.3 Å². The fraction of sp³-hybridized carbons (Fsp3) is 0.136. The van der Waals surface area contributed by atoms with E-state index in [1.807, 2.05) is 67.6 Å². The van der Waals surface area contributed by atoms with Gasteiger partial charge in [-0.05, 0) is 48.4 Å². The Morgan fingerprint density at radius 1 is 1.04 bits per heavy atom. The van der Waals surface area contributed by atoms with Crippen LogP contribution in [-0.4, -0.2) is 22.5 Å². The summed E-state index contributed by atoms with van der Waals surface area (Å²) in [4.78, 5) is 23.5. The van der Waals surface area contributed by atoms with Gasteiger partial charge in [-0.1, -0.05) is 41.7 Å². The van der Waals surface area contributed by atoms with Crippen molar-refractivity contribution in [1.29, 1.82) is 0 Å². The van der Waals surface area contributed by atoms with Crippen LogP contribution in [0.1, 0.15) is 11.1 Å². The number of fused-ring (bicyclic) bond motifs is 1. The molecule has 0 spiro atoms. The van der Waals surface area contributed by atoms with Crippen LogP contribution in [0.3, 0.4) is 0 Å². The molecule has 2 aromatic carbocycles. The number of carbonyl (C=O) groups excluding carboxylic acids is 1. The Balaban J connectivity index is 1.62. The first kappa shape index (κ1) is 18.1. The Bertz CT molecular complexity index is 1080. The van der Waals surface area contributed by atoms with Crippen molar-refractivity contribution in [2.45, 2.75) is 13.5 Å². The molecule has 4 rings (SSSR count). The monoisotopic (exact) mass is 389 g/mol. The second-order valence-corrected chi connectivity index (χ2v) is 7.36. The lowest BCUT2D eigenvalue weighted by Gasteiger charge is -2.20. The van der Waals surface area contributed by atoms with Gasteiger partial charge < -0.3 is 4.74 Å². The van der Waals surface area contributed by atoms with Crippen molar-refractivity contribution in [2.75, 3.05) is 11.5 Å². The summed E-state index contributed by atoms with van der Waals surface area (Å²) in [5.74, 6) is 0.525. The minimum Gasteiger partial charge on any atom is -0.484 e. The van der Waals surface area contributed by atoms with Crippen molar-refractivity contribution >= 4 is 32.6 Å². The number of nitrogens with zero attached hydrogens (tertiary/aromatic N) is 3. The van der Waals surface area contributed by atoms with E-state index in [0.717, 1.165) is 21.3 Å². The zero-order valence-electron chi connectivity index (χ0n) is 15.4.